The third kappa shape index (κ3) is 4.76. The lowest BCUT2D eigenvalue weighted by molar-refractivity contribution is -0.116. The summed E-state index contributed by atoms with van der Waals surface area (Å²) in [5.74, 6) is 1.12. The van der Waals surface area contributed by atoms with Crippen molar-refractivity contribution in [2.24, 2.45) is 0 Å². The zero-order chi connectivity index (χ0) is 19.8. The smallest absolute Gasteiger partial charge is 0.244 e. The van der Waals surface area contributed by atoms with Crippen molar-refractivity contribution in [3.63, 3.8) is 0 Å². The maximum absolute atomic E-state index is 12.6. The maximum atomic E-state index is 12.6. The van der Waals surface area contributed by atoms with Crippen molar-refractivity contribution >= 4 is 12.0 Å². The molecule has 3 aromatic rings. The van der Waals surface area contributed by atoms with Gasteiger partial charge in [-0.05, 0) is 42.0 Å². The molecule has 1 unspecified atom stereocenters. The highest BCUT2D eigenvalue weighted by Crippen LogP contribution is 2.25. The molecule has 1 atom stereocenters. The summed E-state index contributed by atoms with van der Waals surface area (Å²) in [7, 11) is 3.19. The largest absolute Gasteiger partial charge is 0.497 e. The molecule has 1 heterocycles. The second-order valence-corrected chi connectivity index (χ2v) is 6.05. The third-order valence-electron chi connectivity index (χ3n) is 4.25. The zero-order valence-corrected chi connectivity index (χ0v) is 15.8. The summed E-state index contributed by atoms with van der Waals surface area (Å²) in [4.78, 5) is 17.0. The number of carbonyl (C=O) groups is 1. The number of nitrogens with one attached hydrogen (secondary N) is 1. The Hall–Kier alpha value is -3.60. The Labute approximate surface area is 164 Å². The number of carbonyl (C=O) groups excluding carboxylic acids is 1. The summed E-state index contributed by atoms with van der Waals surface area (Å²) in [6.07, 6.45) is 4.90. The Morgan fingerprint density at radius 1 is 1.00 bits per heavy atom. The van der Waals surface area contributed by atoms with E-state index in [0.29, 0.717) is 11.5 Å². The van der Waals surface area contributed by atoms with Crippen molar-refractivity contribution in [2.75, 3.05) is 14.2 Å². The molecule has 1 N–H and O–H groups in total. The van der Waals surface area contributed by atoms with Gasteiger partial charge in [0.1, 0.15) is 11.5 Å². The number of hydrogen-bond acceptors (Lipinski definition) is 4. The summed E-state index contributed by atoms with van der Waals surface area (Å²) in [6, 6.07) is 20.5. The molecular formula is C23H22N2O3. The van der Waals surface area contributed by atoms with Crippen LogP contribution in [-0.2, 0) is 4.79 Å². The van der Waals surface area contributed by atoms with Crippen molar-refractivity contribution in [1.82, 2.24) is 10.3 Å². The van der Waals surface area contributed by atoms with Gasteiger partial charge in [0.25, 0.3) is 0 Å². The van der Waals surface area contributed by atoms with Crippen LogP contribution in [0.3, 0.4) is 0 Å². The van der Waals surface area contributed by atoms with Crippen LogP contribution < -0.4 is 14.8 Å². The van der Waals surface area contributed by atoms with Crippen molar-refractivity contribution in [3.05, 3.63) is 95.8 Å². The molecule has 0 saturated carbocycles. The number of pyridine rings is 1. The second kappa shape index (κ2) is 9.37. The van der Waals surface area contributed by atoms with Gasteiger partial charge in [-0.3, -0.25) is 9.78 Å². The molecule has 0 radical (unpaired) electrons. The average molecular weight is 374 g/mol. The molecule has 28 heavy (non-hydrogen) atoms. The molecule has 0 spiro atoms. The number of benzene rings is 2. The number of amides is 1. The Kier molecular flexibility index (Phi) is 6.41. The standard InChI is InChI=1S/C23H22N2O3/c1-27-19-12-13-21(28-2)18(16-19)11-14-22(26)25-23(17-8-4-3-5-9-17)20-10-6-7-15-24-20/h3-16,23H,1-2H3,(H,25,26)/b14-11+. The van der Waals surface area contributed by atoms with Crippen LogP contribution in [0.25, 0.3) is 6.08 Å². The molecule has 142 valence electrons. The Bertz CT molecular complexity index is 901. The van der Waals surface area contributed by atoms with E-state index >= 15 is 0 Å². The molecular weight excluding hydrogens is 352 g/mol. The van der Waals surface area contributed by atoms with Crippen LogP contribution in [0, 0.1) is 0 Å². The highest BCUT2D eigenvalue weighted by molar-refractivity contribution is 5.92. The predicted molar refractivity (Wildman–Crippen MR) is 109 cm³/mol. The van der Waals surface area contributed by atoms with Gasteiger partial charge in [-0.1, -0.05) is 36.4 Å². The minimum Gasteiger partial charge on any atom is -0.497 e. The van der Waals surface area contributed by atoms with Gasteiger partial charge < -0.3 is 14.8 Å². The molecule has 5 heteroatoms. The van der Waals surface area contributed by atoms with Crippen molar-refractivity contribution in [1.29, 1.82) is 0 Å². The molecule has 0 aliphatic heterocycles. The fourth-order valence-electron chi connectivity index (χ4n) is 2.85. The number of nitrogens with zero attached hydrogens (tertiary/aromatic N) is 1. The fraction of sp³-hybridized carbons (Fsp3) is 0.130. The number of ether oxygens (including phenoxy) is 2. The lowest BCUT2D eigenvalue weighted by Crippen LogP contribution is -2.28. The van der Waals surface area contributed by atoms with Gasteiger partial charge in [-0.2, -0.15) is 0 Å². The van der Waals surface area contributed by atoms with Crippen molar-refractivity contribution in [3.8, 4) is 11.5 Å². The summed E-state index contributed by atoms with van der Waals surface area (Å²) >= 11 is 0. The van der Waals surface area contributed by atoms with E-state index in [4.69, 9.17) is 9.47 Å². The number of rotatable bonds is 7. The van der Waals surface area contributed by atoms with Crippen LogP contribution in [0.1, 0.15) is 22.9 Å². The van der Waals surface area contributed by atoms with Gasteiger partial charge in [0.05, 0.1) is 26.0 Å². The van der Waals surface area contributed by atoms with Crippen LogP contribution in [0.5, 0.6) is 11.5 Å². The second-order valence-electron chi connectivity index (χ2n) is 6.05. The minimum absolute atomic E-state index is 0.232. The highest BCUT2D eigenvalue weighted by Gasteiger charge is 2.16. The quantitative estimate of drug-likeness (QED) is 0.635. The van der Waals surface area contributed by atoms with Gasteiger partial charge in [-0.15, -0.1) is 0 Å². The monoisotopic (exact) mass is 374 g/mol. The molecule has 2 aromatic carbocycles. The number of hydrogen-bond donors (Lipinski definition) is 1. The first kappa shape index (κ1) is 19.2. The van der Waals surface area contributed by atoms with Crippen LogP contribution >= 0.6 is 0 Å². The summed E-state index contributed by atoms with van der Waals surface area (Å²) in [6.45, 7) is 0. The van der Waals surface area contributed by atoms with Crippen molar-refractivity contribution < 1.29 is 14.3 Å². The first-order valence-electron chi connectivity index (χ1n) is 8.87. The van der Waals surface area contributed by atoms with E-state index in [1.165, 1.54) is 6.08 Å². The molecule has 0 aliphatic carbocycles. The molecule has 0 saturated heterocycles. The summed E-state index contributed by atoms with van der Waals surface area (Å²) in [5.41, 5.74) is 2.49. The molecule has 0 aliphatic rings. The minimum atomic E-state index is -0.341. The number of aromatic nitrogens is 1. The van der Waals surface area contributed by atoms with E-state index in [0.717, 1.165) is 16.8 Å². The van der Waals surface area contributed by atoms with Gasteiger partial charge in [-0.25, -0.2) is 0 Å². The fourth-order valence-corrected chi connectivity index (χ4v) is 2.85. The van der Waals surface area contributed by atoms with E-state index in [-0.39, 0.29) is 11.9 Å². The van der Waals surface area contributed by atoms with Crippen molar-refractivity contribution in [2.45, 2.75) is 6.04 Å². The lowest BCUT2D eigenvalue weighted by Gasteiger charge is -2.18. The summed E-state index contributed by atoms with van der Waals surface area (Å²) in [5, 5.41) is 3.03. The maximum Gasteiger partial charge on any atom is 0.244 e. The zero-order valence-electron chi connectivity index (χ0n) is 15.8. The average Bonchev–Trinajstić information content (AvgIpc) is 2.77. The van der Waals surface area contributed by atoms with E-state index in [9.17, 15) is 4.79 Å². The molecule has 1 amide bonds. The van der Waals surface area contributed by atoms with Crippen LogP contribution in [-0.4, -0.2) is 25.1 Å². The molecule has 5 nitrogen and oxygen atoms in total. The topological polar surface area (TPSA) is 60.5 Å². The first-order valence-corrected chi connectivity index (χ1v) is 8.87. The summed E-state index contributed by atoms with van der Waals surface area (Å²) < 4.78 is 10.6. The highest BCUT2D eigenvalue weighted by atomic mass is 16.5. The van der Waals surface area contributed by atoms with E-state index in [2.05, 4.69) is 10.3 Å². The number of methoxy groups -OCH3 is 2. The van der Waals surface area contributed by atoms with Gasteiger partial charge in [0.15, 0.2) is 0 Å². The third-order valence-corrected chi connectivity index (χ3v) is 4.25. The van der Waals surface area contributed by atoms with Crippen LogP contribution in [0.15, 0.2) is 79.0 Å². The van der Waals surface area contributed by atoms with E-state index in [1.54, 1.807) is 32.6 Å². The lowest BCUT2D eigenvalue weighted by atomic mass is 10.0. The van der Waals surface area contributed by atoms with E-state index < -0.39 is 0 Å². The molecule has 3 rings (SSSR count). The normalized spacial score (nSPS) is 11.8. The first-order chi connectivity index (χ1) is 13.7. The van der Waals surface area contributed by atoms with E-state index in [1.807, 2.05) is 60.7 Å². The van der Waals surface area contributed by atoms with Gasteiger partial charge in [0.2, 0.25) is 5.91 Å². The Balaban J connectivity index is 1.82. The molecule has 1 aromatic heterocycles. The molecule has 0 fully saturated rings. The van der Waals surface area contributed by atoms with Crippen LogP contribution in [0.2, 0.25) is 0 Å². The predicted octanol–water partition coefficient (Wildman–Crippen LogP) is 4.02. The van der Waals surface area contributed by atoms with Gasteiger partial charge >= 0.3 is 0 Å². The van der Waals surface area contributed by atoms with Crippen LogP contribution in [0.4, 0.5) is 0 Å². The SMILES string of the molecule is COc1ccc(OC)c(/C=C/C(=O)NC(c2ccccc2)c2ccccn2)c1. The Morgan fingerprint density at radius 3 is 2.46 bits per heavy atom. The van der Waals surface area contributed by atoms with Gasteiger partial charge in [0, 0.05) is 17.8 Å². The molecule has 0 bridgehead atoms. The Morgan fingerprint density at radius 2 is 1.79 bits per heavy atom.